The number of nitrogens with zero attached hydrogens (tertiary/aromatic N) is 3. The molecular weight excluding hydrogens is 384 g/mol. The summed E-state index contributed by atoms with van der Waals surface area (Å²) in [6.07, 6.45) is 2.70. The summed E-state index contributed by atoms with van der Waals surface area (Å²) in [5.41, 5.74) is 1.22. The Morgan fingerprint density at radius 2 is 1.97 bits per heavy atom. The van der Waals surface area contributed by atoms with Crippen LogP contribution >= 0.6 is 0 Å². The van der Waals surface area contributed by atoms with Gasteiger partial charge in [0.1, 0.15) is 6.07 Å². The Labute approximate surface area is 173 Å². The number of nitrogens with one attached hydrogen (secondary N) is 1. The summed E-state index contributed by atoms with van der Waals surface area (Å²) in [7, 11) is 0. The van der Waals surface area contributed by atoms with Crippen molar-refractivity contribution in [1.29, 1.82) is 5.26 Å². The quantitative estimate of drug-likeness (QED) is 0.642. The van der Waals surface area contributed by atoms with Crippen LogP contribution in [0.2, 0.25) is 0 Å². The lowest BCUT2D eigenvalue weighted by Gasteiger charge is -2.31. The van der Waals surface area contributed by atoms with Crippen LogP contribution in [0.3, 0.4) is 0 Å². The molecule has 0 spiro atoms. The van der Waals surface area contributed by atoms with Crippen LogP contribution in [0.5, 0.6) is 0 Å². The maximum Gasteiger partial charge on any atom is 0.266 e. The number of carbonyl (C=O) groups is 2. The Kier molecular flexibility index (Phi) is 5.35. The SMILES string of the molecule is CC(=O)c1ccccc1NC(=O)C1CCN(c2oc(-c3ccco3)nc2C#N)CC1. The van der Waals surface area contributed by atoms with E-state index in [0.29, 0.717) is 48.8 Å². The molecule has 1 saturated heterocycles. The molecule has 0 unspecified atom stereocenters. The van der Waals surface area contributed by atoms with Crippen molar-refractivity contribution in [2.45, 2.75) is 19.8 Å². The number of furan rings is 1. The van der Waals surface area contributed by atoms with Crippen LogP contribution in [0, 0.1) is 17.2 Å². The van der Waals surface area contributed by atoms with Gasteiger partial charge in [-0.1, -0.05) is 12.1 Å². The van der Waals surface area contributed by atoms with Crippen molar-refractivity contribution in [2.24, 2.45) is 5.92 Å². The number of nitriles is 1. The average Bonchev–Trinajstić information content (AvgIpc) is 3.44. The Bertz CT molecular complexity index is 1100. The van der Waals surface area contributed by atoms with E-state index in [0.717, 1.165) is 0 Å². The number of benzene rings is 1. The standard InChI is InChI=1S/C22H20N4O4/c1-14(27)16-5-2-3-6-17(16)24-20(28)15-8-10-26(11-9-15)22-18(13-23)25-21(30-22)19-7-4-12-29-19/h2-7,12,15H,8-11H2,1H3,(H,24,28). The zero-order valence-electron chi connectivity index (χ0n) is 16.4. The fourth-order valence-electron chi connectivity index (χ4n) is 3.58. The number of carbonyl (C=O) groups excluding carboxylic acids is 2. The minimum Gasteiger partial charge on any atom is -0.459 e. The Morgan fingerprint density at radius 3 is 2.63 bits per heavy atom. The first kappa shape index (κ1) is 19.5. The molecule has 0 bridgehead atoms. The third kappa shape index (κ3) is 3.82. The van der Waals surface area contributed by atoms with Crippen LogP contribution in [-0.4, -0.2) is 29.8 Å². The van der Waals surface area contributed by atoms with E-state index in [1.54, 1.807) is 36.4 Å². The molecule has 1 N–H and O–H groups in total. The highest BCUT2D eigenvalue weighted by molar-refractivity contribution is 6.04. The highest BCUT2D eigenvalue weighted by Crippen LogP contribution is 2.31. The van der Waals surface area contributed by atoms with E-state index >= 15 is 0 Å². The van der Waals surface area contributed by atoms with Gasteiger partial charge in [-0.05, 0) is 44.0 Å². The number of amides is 1. The summed E-state index contributed by atoms with van der Waals surface area (Å²) in [6.45, 7) is 2.58. The molecule has 3 aromatic rings. The normalized spacial score (nSPS) is 14.3. The molecule has 0 aliphatic carbocycles. The minimum atomic E-state index is -0.195. The number of oxazole rings is 1. The van der Waals surface area contributed by atoms with Crippen molar-refractivity contribution >= 4 is 23.3 Å². The first-order chi connectivity index (χ1) is 14.6. The fourth-order valence-corrected chi connectivity index (χ4v) is 3.58. The molecule has 30 heavy (non-hydrogen) atoms. The van der Waals surface area contributed by atoms with Gasteiger partial charge in [-0.25, -0.2) is 0 Å². The number of anilines is 2. The molecule has 1 fully saturated rings. The molecule has 2 aromatic heterocycles. The number of rotatable bonds is 5. The molecule has 4 rings (SSSR count). The average molecular weight is 404 g/mol. The molecular formula is C22H20N4O4. The van der Waals surface area contributed by atoms with Crippen molar-refractivity contribution in [3.8, 4) is 17.7 Å². The van der Waals surface area contributed by atoms with Gasteiger partial charge in [0.25, 0.3) is 5.89 Å². The van der Waals surface area contributed by atoms with E-state index in [1.807, 2.05) is 4.90 Å². The van der Waals surface area contributed by atoms with Gasteiger partial charge in [0.15, 0.2) is 11.5 Å². The minimum absolute atomic E-state index is 0.0950. The van der Waals surface area contributed by atoms with Gasteiger partial charge < -0.3 is 19.1 Å². The topological polar surface area (TPSA) is 112 Å². The molecule has 1 aromatic carbocycles. The summed E-state index contributed by atoms with van der Waals surface area (Å²) in [5.74, 6) is 0.701. The molecule has 0 radical (unpaired) electrons. The predicted molar refractivity (Wildman–Crippen MR) is 109 cm³/mol. The Balaban J connectivity index is 1.43. The van der Waals surface area contributed by atoms with Crippen molar-refractivity contribution in [3.05, 3.63) is 53.9 Å². The van der Waals surface area contributed by atoms with E-state index < -0.39 is 0 Å². The highest BCUT2D eigenvalue weighted by atomic mass is 16.4. The lowest BCUT2D eigenvalue weighted by Crippen LogP contribution is -2.38. The van der Waals surface area contributed by atoms with Gasteiger partial charge in [0, 0.05) is 24.6 Å². The van der Waals surface area contributed by atoms with E-state index in [9.17, 15) is 14.9 Å². The fraction of sp³-hybridized carbons (Fsp3) is 0.273. The molecule has 1 aliphatic heterocycles. The van der Waals surface area contributed by atoms with Gasteiger partial charge in [0.05, 0.1) is 12.0 Å². The molecule has 0 atom stereocenters. The number of hydrogen-bond donors (Lipinski definition) is 1. The summed E-state index contributed by atoms with van der Waals surface area (Å²) in [5, 5.41) is 12.3. The summed E-state index contributed by atoms with van der Waals surface area (Å²) < 4.78 is 11.1. The highest BCUT2D eigenvalue weighted by Gasteiger charge is 2.29. The first-order valence-electron chi connectivity index (χ1n) is 9.67. The predicted octanol–water partition coefficient (Wildman–Crippen LogP) is 3.86. The van der Waals surface area contributed by atoms with Crippen LogP contribution in [0.1, 0.15) is 35.8 Å². The third-order valence-electron chi connectivity index (χ3n) is 5.16. The van der Waals surface area contributed by atoms with Gasteiger partial charge in [-0.3, -0.25) is 9.59 Å². The van der Waals surface area contributed by atoms with Crippen molar-refractivity contribution in [2.75, 3.05) is 23.3 Å². The van der Waals surface area contributed by atoms with Crippen LogP contribution in [0.15, 0.2) is 51.5 Å². The maximum atomic E-state index is 12.7. The Hall–Kier alpha value is -3.86. The number of Topliss-reactive ketones (excluding diaryl/α,β-unsaturated/α-hetero) is 1. The number of aromatic nitrogens is 1. The molecule has 0 saturated carbocycles. The third-order valence-corrected chi connectivity index (χ3v) is 5.16. The number of para-hydroxylation sites is 1. The van der Waals surface area contributed by atoms with Crippen LogP contribution in [0.25, 0.3) is 11.7 Å². The number of ketones is 1. The van der Waals surface area contributed by atoms with Crippen molar-refractivity contribution < 1.29 is 18.4 Å². The van der Waals surface area contributed by atoms with Gasteiger partial charge in [-0.15, -0.1) is 0 Å². The largest absolute Gasteiger partial charge is 0.459 e. The molecule has 3 heterocycles. The van der Waals surface area contributed by atoms with Crippen LogP contribution < -0.4 is 10.2 Å². The smallest absolute Gasteiger partial charge is 0.266 e. The second-order valence-corrected chi connectivity index (χ2v) is 7.11. The molecule has 152 valence electrons. The summed E-state index contributed by atoms with van der Waals surface area (Å²) >= 11 is 0. The summed E-state index contributed by atoms with van der Waals surface area (Å²) in [4.78, 5) is 30.6. The second kappa shape index (κ2) is 8.25. The zero-order valence-corrected chi connectivity index (χ0v) is 16.4. The van der Waals surface area contributed by atoms with E-state index in [-0.39, 0.29) is 29.2 Å². The Morgan fingerprint density at radius 1 is 1.20 bits per heavy atom. The molecule has 8 heteroatoms. The lowest BCUT2D eigenvalue weighted by atomic mass is 9.95. The number of piperidine rings is 1. The second-order valence-electron chi connectivity index (χ2n) is 7.11. The molecule has 1 aliphatic rings. The molecule has 1 amide bonds. The monoisotopic (exact) mass is 404 g/mol. The number of hydrogen-bond acceptors (Lipinski definition) is 7. The van der Waals surface area contributed by atoms with Gasteiger partial charge >= 0.3 is 0 Å². The van der Waals surface area contributed by atoms with Gasteiger partial charge in [-0.2, -0.15) is 10.2 Å². The van der Waals surface area contributed by atoms with E-state index in [1.165, 1.54) is 13.2 Å². The first-order valence-corrected chi connectivity index (χ1v) is 9.67. The van der Waals surface area contributed by atoms with Crippen LogP contribution in [-0.2, 0) is 4.79 Å². The lowest BCUT2D eigenvalue weighted by molar-refractivity contribution is -0.120. The van der Waals surface area contributed by atoms with Crippen molar-refractivity contribution in [3.63, 3.8) is 0 Å². The maximum absolute atomic E-state index is 12.7. The van der Waals surface area contributed by atoms with E-state index in [2.05, 4.69) is 16.4 Å². The van der Waals surface area contributed by atoms with E-state index in [4.69, 9.17) is 8.83 Å². The van der Waals surface area contributed by atoms with Crippen molar-refractivity contribution in [1.82, 2.24) is 4.98 Å². The zero-order chi connectivity index (χ0) is 21.1. The molecule has 8 nitrogen and oxygen atoms in total. The van der Waals surface area contributed by atoms with Gasteiger partial charge in [0.2, 0.25) is 17.5 Å². The van der Waals surface area contributed by atoms with Crippen LogP contribution in [0.4, 0.5) is 11.6 Å². The summed E-state index contributed by atoms with van der Waals surface area (Å²) in [6, 6.07) is 12.5.